The second-order valence-corrected chi connectivity index (χ2v) is 5.72. The summed E-state index contributed by atoms with van der Waals surface area (Å²) in [4.78, 5) is 0. The molecule has 0 saturated heterocycles. The molecule has 1 rings (SSSR count). The monoisotopic (exact) mass is 283 g/mol. The van der Waals surface area contributed by atoms with Crippen molar-refractivity contribution in [1.29, 1.82) is 0 Å². The van der Waals surface area contributed by atoms with Crippen LogP contribution in [0.15, 0.2) is 24.3 Å². The normalized spacial score (nSPS) is 12.9. The SMILES string of the molecule is COCCCNCC[C@@H](c1ccc(Cl)cc1)C(C)C. The number of hydrogen-bond donors (Lipinski definition) is 1. The van der Waals surface area contributed by atoms with Crippen LogP contribution < -0.4 is 5.32 Å². The minimum atomic E-state index is 0.590. The van der Waals surface area contributed by atoms with Crippen LogP contribution in [-0.4, -0.2) is 26.8 Å². The third kappa shape index (κ3) is 6.42. The van der Waals surface area contributed by atoms with Crippen LogP contribution in [0.5, 0.6) is 0 Å². The van der Waals surface area contributed by atoms with Gasteiger partial charge in [0.15, 0.2) is 0 Å². The largest absolute Gasteiger partial charge is 0.385 e. The van der Waals surface area contributed by atoms with Gasteiger partial charge in [-0.2, -0.15) is 0 Å². The van der Waals surface area contributed by atoms with Gasteiger partial charge in [-0.1, -0.05) is 37.6 Å². The number of benzene rings is 1. The quantitative estimate of drug-likeness (QED) is 0.689. The van der Waals surface area contributed by atoms with Crippen LogP contribution in [0.4, 0.5) is 0 Å². The minimum Gasteiger partial charge on any atom is -0.385 e. The molecule has 0 heterocycles. The van der Waals surface area contributed by atoms with Crippen LogP contribution >= 0.6 is 11.6 Å². The first-order chi connectivity index (χ1) is 9.15. The van der Waals surface area contributed by atoms with E-state index in [1.54, 1.807) is 7.11 Å². The Balaban J connectivity index is 2.39. The molecule has 0 radical (unpaired) electrons. The Labute approximate surface area is 122 Å². The molecule has 0 bridgehead atoms. The summed E-state index contributed by atoms with van der Waals surface area (Å²) in [6.07, 6.45) is 2.23. The summed E-state index contributed by atoms with van der Waals surface area (Å²) in [5, 5.41) is 4.29. The van der Waals surface area contributed by atoms with E-state index in [2.05, 4.69) is 31.3 Å². The number of nitrogens with one attached hydrogen (secondary N) is 1. The van der Waals surface area contributed by atoms with Gasteiger partial charge in [-0.3, -0.25) is 0 Å². The highest BCUT2D eigenvalue weighted by atomic mass is 35.5. The lowest BCUT2D eigenvalue weighted by Gasteiger charge is -2.21. The first-order valence-corrected chi connectivity index (χ1v) is 7.48. The van der Waals surface area contributed by atoms with E-state index in [0.29, 0.717) is 11.8 Å². The fourth-order valence-electron chi connectivity index (χ4n) is 2.32. The van der Waals surface area contributed by atoms with Gasteiger partial charge in [0.05, 0.1) is 0 Å². The number of methoxy groups -OCH3 is 1. The maximum atomic E-state index is 5.95. The molecule has 0 amide bonds. The van der Waals surface area contributed by atoms with E-state index in [9.17, 15) is 0 Å². The molecule has 1 atom stereocenters. The molecule has 0 unspecified atom stereocenters. The van der Waals surface area contributed by atoms with Crippen LogP contribution in [0.1, 0.15) is 38.2 Å². The Kier molecular flexibility index (Phi) is 8.11. The predicted octanol–water partition coefficient (Wildman–Crippen LogP) is 4.10. The predicted molar refractivity (Wildman–Crippen MR) is 83.0 cm³/mol. The standard InChI is InChI=1S/C16H26ClNO/c1-13(2)16(9-11-18-10-4-12-19-3)14-5-7-15(17)8-6-14/h5-8,13,16,18H,4,9-12H2,1-3H3/t16-/m1/s1. The molecule has 1 aromatic rings. The zero-order chi connectivity index (χ0) is 14.1. The average Bonchev–Trinajstić information content (AvgIpc) is 2.39. The number of hydrogen-bond acceptors (Lipinski definition) is 2. The number of halogens is 1. The van der Waals surface area contributed by atoms with E-state index in [1.165, 1.54) is 5.56 Å². The van der Waals surface area contributed by atoms with Gasteiger partial charge in [0.1, 0.15) is 0 Å². The van der Waals surface area contributed by atoms with E-state index in [0.717, 1.165) is 37.6 Å². The van der Waals surface area contributed by atoms with Crippen molar-refractivity contribution in [2.45, 2.75) is 32.6 Å². The van der Waals surface area contributed by atoms with Gasteiger partial charge in [0.25, 0.3) is 0 Å². The lowest BCUT2D eigenvalue weighted by atomic mass is 9.86. The summed E-state index contributed by atoms with van der Waals surface area (Å²) < 4.78 is 5.04. The highest BCUT2D eigenvalue weighted by Gasteiger charge is 2.15. The summed E-state index contributed by atoms with van der Waals surface area (Å²) >= 11 is 5.95. The Morgan fingerprint density at radius 1 is 1.16 bits per heavy atom. The van der Waals surface area contributed by atoms with Gasteiger partial charge in [-0.25, -0.2) is 0 Å². The molecule has 0 aliphatic heterocycles. The number of ether oxygens (including phenoxy) is 1. The van der Waals surface area contributed by atoms with Crippen LogP contribution in [0.3, 0.4) is 0 Å². The fraction of sp³-hybridized carbons (Fsp3) is 0.625. The number of rotatable bonds is 9. The van der Waals surface area contributed by atoms with Crippen molar-refractivity contribution < 1.29 is 4.74 Å². The lowest BCUT2D eigenvalue weighted by Crippen LogP contribution is -2.21. The van der Waals surface area contributed by atoms with E-state index >= 15 is 0 Å². The summed E-state index contributed by atoms with van der Waals surface area (Å²) in [6.45, 7) is 7.47. The third-order valence-electron chi connectivity index (χ3n) is 3.44. The minimum absolute atomic E-state index is 0.590. The van der Waals surface area contributed by atoms with Gasteiger partial charge in [-0.05, 0) is 55.5 Å². The molecular formula is C16H26ClNO. The lowest BCUT2D eigenvalue weighted by molar-refractivity contribution is 0.194. The summed E-state index contributed by atoms with van der Waals surface area (Å²) in [5.74, 6) is 1.23. The molecule has 3 heteroatoms. The summed E-state index contributed by atoms with van der Waals surface area (Å²) in [7, 11) is 1.75. The Bertz CT molecular complexity index is 337. The summed E-state index contributed by atoms with van der Waals surface area (Å²) in [6, 6.07) is 8.27. The van der Waals surface area contributed by atoms with Crippen molar-refractivity contribution in [2.75, 3.05) is 26.8 Å². The Morgan fingerprint density at radius 2 is 1.84 bits per heavy atom. The Morgan fingerprint density at radius 3 is 2.42 bits per heavy atom. The Hall–Kier alpha value is -0.570. The van der Waals surface area contributed by atoms with Gasteiger partial charge < -0.3 is 10.1 Å². The molecule has 0 spiro atoms. The molecule has 0 fully saturated rings. The first-order valence-electron chi connectivity index (χ1n) is 7.10. The molecule has 108 valence electrons. The van der Waals surface area contributed by atoms with Crippen molar-refractivity contribution in [3.63, 3.8) is 0 Å². The average molecular weight is 284 g/mol. The molecule has 1 aromatic carbocycles. The summed E-state index contributed by atoms with van der Waals surface area (Å²) in [5.41, 5.74) is 1.39. The van der Waals surface area contributed by atoms with Crippen molar-refractivity contribution >= 4 is 11.6 Å². The van der Waals surface area contributed by atoms with Crippen LogP contribution in [0.2, 0.25) is 5.02 Å². The third-order valence-corrected chi connectivity index (χ3v) is 3.69. The van der Waals surface area contributed by atoms with Crippen LogP contribution in [0.25, 0.3) is 0 Å². The van der Waals surface area contributed by atoms with Crippen LogP contribution in [0, 0.1) is 5.92 Å². The maximum absolute atomic E-state index is 5.95. The smallest absolute Gasteiger partial charge is 0.0474 e. The van der Waals surface area contributed by atoms with Crippen molar-refractivity contribution in [2.24, 2.45) is 5.92 Å². The molecule has 0 aromatic heterocycles. The zero-order valence-corrected chi connectivity index (χ0v) is 13.0. The first kappa shape index (κ1) is 16.5. The highest BCUT2D eigenvalue weighted by molar-refractivity contribution is 6.30. The van der Waals surface area contributed by atoms with Gasteiger partial charge in [0.2, 0.25) is 0 Å². The second-order valence-electron chi connectivity index (χ2n) is 5.29. The van der Waals surface area contributed by atoms with Crippen molar-refractivity contribution in [3.8, 4) is 0 Å². The van der Waals surface area contributed by atoms with Crippen LogP contribution in [-0.2, 0) is 4.74 Å². The van der Waals surface area contributed by atoms with E-state index in [4.69, 9.17) is 16.3 Å². The maximum Gasteiger partial charge on any atom is 0.0474 e. The topological polar surface area (TPSA) is 21.3 Å². The molecule has 0 aliphatic carbocycles. The highest BCUT2D eigenvalue weighted by Crippen LogP contribution is 2.28. The molecular weight excluding hydrogens is 258 g/mol. The fourth-order valence-corrected chi connectivity index (χ4v) is 2.44. The molecule has 1 N–H and O–H groups in total. The zero-order valence-electron chi connectivity index (χ0n) is 12.3. The molecule has 0 saturated carbocycles. The van der Waals surface area contributed by atoms with Crippen molar-refractivity contribution in [3.05, 3.63) is 34.9 Å². The van der Waals surface area contributed by atoms with E-state index < -0.39 is 0 Å². The van der Waals surface area contributed by atoms with Crippen molar-refractivity contribution in [1.82, 2.24) is 5.32 Å². The van der Waals surface area contributed by atoms with E-state index in [1.807, 2.05) is 12.1 Å². The molecule has 2 nitrogen and oxygen atoms in total. The van der Waals surface area contributed by atoms with Gasteiger partial charge in [0, 0.05) is 18.7 Å². The molecule has 19 heavy (non-hydrogen) atoms. The van der Waals surface area contributed by atoms with Gasteiger partial charge >= 0.3 is 0 Å². The molecule has 0 aliphatic rings. The van der Waals surface area contributed by atoms with E-state index in [-0.39, 0.29) is 0 Å². The second kappa shape index (κ2) is 9.35. The van der Waals surface area contributed by atoms with Gasteiger partial charge in [-0.15, -0.1) is 0 Å².